The van der Waals surface area contributed by atoms with Crippen LogP contribution in [-0.2, 0) is 10.9 Å². The molecule has 25 heavy (non-hydrogen) atoms. The Morgan fingerprint density at radius 2 is 1.80 bits per heavy atom. The zero-order valence-electron chi connectivity index (χ0n) is 14.4. The summed E-state index contributed by atoms with van der Waals surface area (Å²) in [6.07, 6.45) is 1.04. The molecule has 1 aliphatic carbocycles. The molecule has 0 amide bonds. The molecule has 1 heterocycles. The van der Waals surface area contributed by atoms with Crippen molar-refractivity contribution in [1.82, 2.24) is 5.32 Å². The van der Waals surface area contributed by atoms with Gasteiger partial charge in [0.1, 0.15) is 0 Å². The monoisotopic (exact) mass is 356 g/mol. The van der Waals surface area contributed by atoms with Crippen molar-refractivity contribution < 1.29 is 17.9 Å². The summed E-state index contributed by atoms with van der Waals surface area (Å²) in [6, 6.07) is 6.29. The molecule has 2 unspecified atom stereocenters. The molecule has 0 radical (unpaired) electrons. The van der Waals surface area contributed by atoms with Crippen molar-refractivity contribution in [2.24, 2.45) is 5.73 Å². The Bertz CT molecular complexity index is 556. The molecule has 6 heteroatoms. The maximum absolute atomic E-state index is 13.2. The normalized spacial score (nSPS) is 31.0. The van der Waals surface area contributed by atoms with Crippen LogP contribution in [-0.4, -0.2) is 31.3 Å². The predicted octanol–water partition coefficient (Wildman–Crippen LogP) is 3.83. The second-order valence-electron chi connectivity index (χ2n) is 7.26. The molecular formula is C19H27F3N2O. The van der Waals surface area contributed by atoms with Crippen LogP contribution in [0.4, 0.5) is 13.2 Å². The van der Waals surface area contributed by atoms with E-state index in [-0.39, 0.29) is 24.1 Å². The maximum atomic E-state index is 13.2. The van der Waals surface area contributed by atoms with Crippen LogP contribution in [0.1, 0.15) is 55.6 Å². The lowest BCUT2D eigenvalue weighted by molar-refractivity contribution is -0.138. The first-order chi connectivity index (χ1) is 11.9. The van der Waals surface area contributed by atoms with E-state index in [0.29, 0.717) is 12.2 Å². The molecule has 1 aliphatic heterocycles. The molecule has 3 nitrogen and oxygen atoms in total. The average Bonchev–Trinajstić information content (AvgIpc) is 2.61. The highest BCUT2D eigenvalue weighted by atomic mass is 19.4. The van der Waals surface area contributed by atoms with Gasteiger partial charge in [0.15, 0.2) is 0 Å². The summed E-state index contributed by atoms with van der Waals surface area (Å²) >= 11 is 0. The number of piperidine rings is 1. The Labute approximate surface area is 147 Å². The van der Waals surface area contributed by atoms with Crippen molar-refractivity contribution in [3.63, 3.8) is 0 Å². The fourth-order valence-corrected chi connectivity index (χ4v) is 4.05. The van der Waals surface area contributed by atoms with Gasteiger partial charge in [-0.2, -0.15) is 13.2 Å². The fraction of sp³-hybridized carbons (Fsp3) is 0.684. The number of nitrogens with one attached hydrogen (secondary N) is 1. The van der Waals surface area contributed by atoms with E-state index in [9.17, 15) is 13.2 Å². The first-order valence-corrected chi connectivity index (χ1v) is 9.22. The van der Waals surface area contributed by atoms with Gasteiger partial charge < -0.3 is 15.8 Å². The zero-order chi connectivity index (χ0) is 17.9. The number of alkyl halides is 3. The summed E-state index contributed by atoms with van der Waals surface area (Å²) in [4.78, 5) is 0. The quantitative estimate of drug-likeness (QED) is 0.862. The summed E-state index contributed by atoms with van der Waals surface area (Å²) in [6.45, 7) is 1.57. The van der Waals surface area contributed by atoms with Crippen molar-refractivity contribution in [3.05, 3.63) is 35.4 Å². The molecule has 1 aromatic carbocycles. The number of hydrogen-bond acceptors (Lipinski definition) is 3. The van der Waals surface area contributed by atoms with E-state index in [1.54, 1.807) is 12.1 Å². The largest absolute Gasteiger partial charge is 0.416 e. The van der Waals surface area contributed by atoms with E-state index >= 15 is 0 Å². The van der Waals surface area contributed by atoms with E-state index in [1.165, 1.54) is 12.1 Å². The van der Waals surface area contributed by atoms with Crippen LogP contribution in [0, 0.1) is 0 Å². The topological polar surface area (TPSA) is 47.3 Å². The Kier molecular flexibility index (Phi) is 6.02. The molecule has 140 valence electrons. The molecule has 1 aromatic rings. The summed E-state index contributed by atoms with van der Waals surface area (Å²) in [5, 5.41) is 3.39. The maximum Gasteiger partial charge on any atom is 0.416 e. The van der Waals surface area contributed by atoms with E-state index in [2.05, 4.69) is 5.32 Å². The fourth-order valence-electron chi connectivity index (χ4n) is 4.05. The minimum Gasteiger partial charge on any atom is -0.377 e. The number of hydrogen-bond donors (Lipinski definition) is 2. The van der Waals surface area contributed by atoms with Crippen LogP contribution >= 0.6 is 0 Å². The van der Waals surface area contributed by atoms with Gasteiger partial charge in [-0.25, -0.2) is 0 Å². The molecule has 2 aliphatic rings. The Hall–Kier alpha value is -1.11. The van der Waals surface area contributed by atoms with Crippen molar-refractivity contribution >= 4 is 0 Å². The lowest BCUT2D eigenvalue weighted by atomic mass is 9.81. The molecule has 2 atom stereocenters. The SMILES string of the molecule is NC1CCCNC1COC1CCC(c2ccccc2C(F)(F)F)CC1. The summed E-state index contributed by atoms with van der Waals surface area (Å²) in [5.41, 5.74) is 6.05. The van der Waals surface area contributed by atoms with Gasteiger partial charge in [-0.1, -0.05) is 18.2 Å². The molecule has 0 aromatic heterocycles. The third-order valence-electron chi connectivity index (χ3n) is 5.53. The second-order valence-corrected chi connectivity index (χ2v) is 7.26. The van der Waals surface area contributed by atoms with Crippen molar-refractivity contribution in [2.75, 3.05) is 13.2 Å². The number of rotatable bonds is 4. The third-order valence-corrected chi connectivity index (χ3v) is 5.53. The van der Waals surface area contributed by atoms with E-state index in [1.807, 2.05) is 0 Å². The molecule has 3 rings (SSSR count). The highest BCUT2D eigenvalue weighted by Gasteiger charge is 2.36. The van der Waals surface area contributed by atoms with Crippen LogP contribution in [0.25, 0.3) is 0 Å². The first-order valence-electron chi connectivity index (χ1n) is 9.22. The third kappa shape index (κ3) is 4.74. The molecule has 0 spiro atoms. The lowest BCUT2D eigenvalue weighted by Gasteiger charge is -2.34. The molecule has 3 N–H and O–H groups in total. The standard InChI is InChI=1S/C19H27F3N2O/c20-19(21,22)16-5-2-1-4-15(16)13-7-9-14(10-8-13)25-12-18-17(23)6-3-11-24-18/h1-2,4-5,13-14,17-18,24H,3,6-12,23H2. The Balaban J connectivity index is 1.52. The van der Waals surface area contributed by atoms with Crippen molar-refractivity contribution in [3.8, 4) is 0 Å². The highest BCUT2D eigenvalue weighted by molar-refractivity contribution is 5.33. The second kappa shape index (κ2) is 8.06. The first kappa shape index (κ1) is 18.7. The van der Waals surface area contributed by atoms with Gasteiger partial charge in [0.25, 0.3) is 0 Å². The molecule has 0 bridgehead atoms. The average molecular weight is 356 g/mol. The van der Waals surface area contributed by atoms with E-state index in [4.69, 9.17) is 10.5 Å². The van der Waals surface area contributed by atoms with Gasteiger partial charge in [0, 0.05) is 12.1 Å². The molecule has 1 saturated carbocycles. The van der Waals surface area contributed by atoms with Crippen LogP contribution in [0.3, 0.4) is 0 Å². The van der Waals surface area contributed by atoms with E-state index in [0.717, 1.165) is 45.1 Å². The van der Waals surface area contributed by atoms with Crippen LogP contribution < -0.4 is 11.1 Å². The number of ether oxygens (including phenoxy) is 1. The number of nitrogens with two attached hydrogens (primary N) is 1. The van der Waals surface area contributed by atoms with Crippen molar-refractivity contribution in [1.29, 1.82) is 0 Å². The van der Waals surface area contributed by atoms with Gasteiger partial charge in [-0.15, -0.1) is 0 Å². The van der Waals surface area contributed by atoms with Gasteiger partial charge >= 0.3 is 6.18 Å². The summed E-state index contributed by atoms with van der Waals surface area (Å²) < 4.78 is 45.6. The Morgan fingerprint density at radius 3 is 2.48 bits per heavy atom. The number of benzene rings is 1. The summed E-state index contributed by atoms with van der Waals surface area (Å²) in [7, 11) is 0. The highest BCUT2D eigenvalue weighted by Crippen LogP contribution is 2.41. The van der Waals surface area contributed by atoms with E-state index < -0.39 is 11.7 Å². The molecule has 1 saturated heterocycles. The molecular weight excluding hydrogens is 329 g/mol. The van der Waals surface area contributed by atoms with Crippen LogP contribution in [0.5, 0.6) is 0 Å². The van der Waals surface area contributed by atoms with Gasteiger partial charge in [0.2, 0.25) is 0 Å². The summed E-state index contributed by atoms with van der Waals surface area (Å²) in [5.74, 6) is -0.0345. The minimum atomic E-state index is -4.28. The number of halogens is 3. The van der Waals surface area contributed by atoms with Gasteiger partial charge in [-0.3, -0.25) is 0 Å². The smallest absolute Gasteiger partial charge is 0.377 e. The molecule has 2 fully saturated rings. The predicted molar refractivity (Wildman–Crippen MR) is 91.4 cm³/mol. The lowest BCUT2D eigenvalue weighted by Crippen LogP contribution is -2.52. The Morgan fingerprint density at radius 1 is 1.08 bits per heavy atom. The zero-order valence-corrected chi connectivity index (χ0v) is 14.4. The van der Waals surface area contributed by atoms with Crippen LogP contribution in [0.2, 0.25) is 0 Å². The van der Waals surface area contributed by atoms with Crippen molar-refractivity contribution in [2.45, 2.75) is 68.8 Å². The van der Waals surface area contributed by atoms with Gasteiger partial charge in [-0.05, 0) is 62.6 Å². The van der Waals surface area contributed by atoms with Crippen LogP contribution in [0.15, 0.2) is 24.3 Å². The van der Waals surface area contributed by atoms with Gasteiger partial charge in [0.05, 0.1) is 18.3 Å². The minimum absolute atomic E-state index is 0.0345.